The molecular weight excluding hydrogens is 246 g/mol. The fourth-order valence-corrected chi connectivity index (χ4v) is 2.47. The molecule has 4 rings (SSSR count). The standard InChI is InChI=1S/C17H11N3/c1-2-4-16-12(3-1)9-13(10-20-16)14-6-8-19-17-11-18-7-5-15(14)17/h1-11H. The topological polar surface area (TPSA) is 38.7 Å². The summed E-state index contributed by atoms with van der Waals surface area (Å²) < 4.78 is 0. The zero-order chi connectivity index (χ0) is 13.4. The highest BCUT2D eigenvalue weighted by molar-refractivity contribution is 5.95. The van der Waals surface area contributed by atoms with Crippen LogP contribution in [0.1, 0.15) is 0 Å². The highest BCUT2D eigenvalue weighted by Gasteiger charge is 2.05. The Morgan fingerprint density at radius 3 is 2.70 bits per heavy atom. The Hall–Kier alpha value is -2.81. The van der Waals surface area contributed by atoms with Crippen LogP contribution in [-0.4, -0.2) is 15.0 Å². The Balaban J connectivity index is 2.01. The van der Waals surface area contributed by atoms with Crippen molar-refractivity contribution in [2.24, 2.45) is 0 Å². The van der Waals surface area contributed by atoms with Gasteiger partial charge in [0.1, 0.15) is 0 Å². The van der Waals surface area contributed by atoms with E-state index in [9.17, 15) is 0 Å². The van der Waals surface area contributed by atoms with Gasteiger partial charge in [0.15, 0.2) is 0 Å². The first kappa shape index (κ1) is 11.1. The van der Waals surface area contributed by atoms with Crippen molar-refractivity contribution in [1.82, 2.24) is 15.0 Å². The van der Waals surface area contributed by atoms with Gasteiger partial charge in [-0.15, -0.1) is 0 Å². The lowest BCUT2D eigenvalue weighted by atomic mass is 10.0. The summed E-state index contributed by atoms with van der Waals surface area (Å²) in [5.41, 5.74) is 4.15. The second-order valence-corrected chi connectivity index (χ2v) is 4.67. The first-order chi connectivity index (χ1) is 9.92. The number of aromatic nitrogens is 3. The molecule has 1 aromatic carbocycles. The van der Waals surface area contributed by atoms with Gasteiger partial charge in [-0.3, -0.25) is 15.0 Å². The molecule has 0 aliphatic carbocycles. The molecule has 3 aromatic heterocycles. The molecule has 0 fully saturated rings. The summed E-state index contributed by atoms with van der Waals surface area (Å²) in [5, 5.41) is 2.24. The largest absolute Gasteiger partial charge is 0.262 e. The van der Waals surface area contributed by atoms with Gasteiger partial charge in [-0.1, -0.05) is 18.2 Å². The molecule has 3 heterocycles. The fourth-order valence-electron chi connectivity index (χ4n) is 2.47. The predicted molar refractivity (Wildman–Crippen MR) is 80.3 cm³/mol. The van der Waals surface area contributed by atoms with Crippen molar-refractivity contribution in [2.45, 2.75) is 0 Å². The highest BCUT2D eigenvalue weighted by Crippen LogP contribution is 2.28. The maximum Gasteiger partial charge on any atom is 0.0891 e. The van der Waals surface area contributed by atoms with Crippen LogP contribution in [0.5, 0.6) is 0 Å². The van der Waals surface area contributed by atoms with Gasteiger partial charge >= 0.3 is 0 Å². The van der Waals surface area contributed by atoms with Crippen molar-refractivity contribution in [1.29, 1.82) is 0 Å². The van der Waals surface area contributed by atoms with Gasteiger partial charge in [-0.25, -0.2) is 0 Å². The first-order valence-electron chi connectivity index (χ1n) is 6.46. The number of nitrogens with zero attached hydrogens (tertiary/aromatic N) is 3. The minimum absolute atomic E-state index is 0.901. The molecule has 3 nitrogen and oxygen atoms in total. The highest BCUT2D eigenvalue weighted by atomic mass is 14.7. The Labute approximate surface area is 116 Å². The molecular formula is C17H11N3. The molecule has 0 radical (unpaired) electrons. The second-order valence-electron chi connectivity index (χ2n) is 4.67. The number of rotatable bonds is 1. The van der Waals surface area contributed by atoms with Crippen molar-refractivity contribution in [3.05, 3.63) is 67.3 Å². The molecule has 20 heavy (non-hydrogen) atoms. The average molecular weight is 257 g/mol. The number of hydrogen-bond acceptors (Lipinski definition) is 3. The molecule has 0 N–H and O–H groups in total. The van der Waals surface area contributed by atoms with E-state index >= 15 is 0 Å². The average Bonchev–Trinajstić information content (AvgIpc) is 2.54. The van der Waals surface area contributed by atoms with Crippen LogP contribution in [0.15, 0.2) is 67.3 Å². The van der Waals surface area contributed by atoms with Crippen LogP contribution in [0.25, 0.3) is 32.9 Å². The van der Waals surface area contributed by atoms with E-state index in [0.717, 1.165) is 32.9 Å². The monoisotopic (exact) mass is 257 g/mol. The third-order valence-corrected chi connectivity index (χ3v) is 3.45. The molecule has 0 atom stereocenters. The maximum absolute atomic E-state index is 4.53. The van der Waals surface area contributed by atoms with Crippen LogP contribution in [-0.2, 0) is 0 Å². The van der Waals surface area contributed by atoms with Crippen molar-refractivity contribution in [3.8, 4) is 11.1 Å². The first-order valence-corrected chi connectivity index (χ1v) is 6.46. The van der Waals surface area contributed by atoms with E-state index < -0.39 is 0 Å². The van der Waals surface area contributed by atoms with E-state index in [1.165, 1.54) is 0 Å². The third-order valence-electron chi connectivity index (χ3n) is 3.45. The van der Waals surface area contributed by atoms with Crippen LogP contribution in [0.4, 0.5) is 0 Å². The third kappa shape index (κ3) is 1.72. The Bertz CT molecular complexity index is 910. The van der Waals surface area contributed by atoms with Gasteiger partial charge in [0.05, 0.1) is 17.2 Å². The van der Waals surface area contributed by atoms with E-state index in [-0.39, 0.29) is 0 Å². The Morgan fingerprint density at radius 2 is 1.70 bits per heavy atom. The zero-order valence-electron chi connectivity index (χ0n) is 10.7. The van der Waals surface area contributed by atoms with E-state index in [0.29, 0.717) is 0 Å². The summed E-state index contributed by atoms with van der Waals surface area (Å²) in [5.74, 6) is 0. The lowest BCUT2D eigenvalue weighted by Gasteiger charge is -2.06. The molecule has 3 heteroatoms. The second kappa shape index (κ2) is 4.38. The van der Waals surface area contributed by atoms with Crippen LogP contribution >= 0.6 is 0 Å². The van der Waals surface area contributed by atoms with Gasteiger partial charge in [0.2, 0.25) is 0 Å². The minimum atomic E-state index is 0.901. The number of benzene rings is 1. The molecule has 0 bridgehead atoms. The van der Waals surface area contributed by atoms with E-state index in [4.69, 9.17) is 0 Å². The van der Waals surface area contributed by atoms with Crippen LogP contribution in [0.2, 0.25) is 0 Å². The van der Waals surface area contributed by atoms with Gasteiger partial charge in [0.25, 0.3) is 0 Å². The van der Waals surface area contributed by atoms with E-state index in [1.807, 2.05) is 42.7 Å². The number of pyridine rings is 3. The van der Waals surface area contributed by atoms with Crippen molar-refractivity contribution < 1.29 is 0 Å². The number of hydrogen-bond donors (Lipinski definition) is 0. The normalized spacial score (nSPS) is 11.0. The van der Waals surface area contributed by atoms with Gasteiger partial charge in [0, 0.05) is 34.9 Å². The summed E-state index contributed by atoms with van der Waals surface area (Å²) >= 11 is 0. The van der Waals surface area contributed by atoms with Gasteiger partial charge < -0.3 is 0 Å². The smallest absolute Gasteiger partial charge is 0.0891 e. The summed E-state index contributed by atoms with van der Waals surface area (Å²) in [6.45, 7) is 0. The molecule has 0 spiro atoms. The Morgan fingerprint density at radius 1 is 0.750 bits per heavy atom. The molecule has 4 aromatic rings. The number of fused-ring (bicyclic) bond motifs is 2. The van der Waals surface area contributed by atoms with Crippen molar-refractivity contribution in [2.75, 3.05) is 0 Å². The lowest BCUT2D eigenvalue weighted by molar-refractivity contribution is 1.31. The quantitative estimate of drug-likeness (QED) is 0.520. The molecule has 0 saturated heterocycles. The van der Waals surface area contributed by atoms with Crippen LogP contribution < -0.4 is 0 Å². The lowest BCUT2D eigenvalue weighted by Crippen LogP contribution is -1.87. The zero-order valence-corrected chi connectivity index (χ0v) is 10.7. The molecule has 0 aliphatic rings. The summed E-state index contributed by atoms with van der Waals surface area (Å²) in [6.07, 6.45) is 7.31. The van der Waals surface area contributed by atoms with Crippen LogP contribution in [0, 0.1) is 0 Å². The molecule has 0 amide bonds. The van der Waals surface area contributed by atoms with Gasteiger partial charge in [-0.05, 0) is 29.8 Å². The van der Waals surface area contributed by atoms with Crippen molar-refractivity contribution in [3.63, 3.8) is 0 Å². The molecule has 0 aliphatic heterocycles. The Kier molecular flexibility index (Phi) is 2.42. The molecule has 0 unspecified atom stereocenters. The maximum atomic E-state index is 4.53. The fraction of sp³-hybridized carbons (Fsp3) is 0. The minimum Gasteiger partial charge on any atom is -0.262 e. The molecule has 94 valence electrons. The number of para-hydroxylation sites is 1. The molecule has 0 saturated carbocycles. The van der Waals surface area contributed by atoms with Crippen LogP contribution in [0.3, 0.4) is 0 Å². The summed E-state index contributed by atoms with van der Waals surface area (Å²) in [7, 11) is 0. The summed E-state index contributed by atoms with van der Waals surface area (Å²) in [6, 6.07) is 14.3. The predicted octanol–water partition coefficient (Wildman–Crippen LogP) is 3.85. The van der Waals surface area contributed by atoms with Crippen molar-refractivity contribution >= 4 is 21.8 Å². The van der Waals surface area contributed by atoms with E-state index in [2.05, 4.69) is 27.1 Å². The van der Waals surface area contributed by atoms with Gasteiger partial charge in [-0.2, -0.15) is 0 Å². The summed E-state index contributed by atoms with van der Waals surface area (Å²) in [4.78, 5) is 13.0. The SMILES string of the molecule is c1ccc2ncc(-c3ccnc4cnccc34)cc2c1. The van der Waals surface area contributed by atoms with E-state index in [1.54, 1.807) is 12.4 Å².